The molecule has 1 fully saturated rings. The summed E-state index contributed by atoms with van der Waals surface area (Å²) in [6.07, 6.45) is 1.81. The van der Waals surface area contributed by atoms with Gasteiger partial charge in [0.2, 0.25) is 5.91 Å². The van der Waals surface area contributed by atoms with Gasteiger partial charge in [-0.15, -0.1) is 0 Å². The molecule has 1 saturated heterocycles. The zero-order chi connectivity index (χ0) is 13.1. The lowest BCUT2D eigenvalue weighted by atomic mass is 10.1. The molecule has 1 aromatic rings. The molecule has 1 aliphatic rings. The molecule has 0 aliphatic carbocycles. The molecule has 1 unspecified atom stereocenters. The highest BCUT2D eigenvalue weighted by molar-refractivity contribution is 6.30. The fraction of sp³-hybridized carbons (Fsp3) is 0.462. The molecule has 1 aliphatic heterocycles. The number of rotatable bonds is 4. The molecule has 0 aromatic heterocycles. The van der Waals surface area contributed by atoms with Gasteiger partial charge in [-0.2, -0.15) is 0 Å². The first kappa shape index (κ1) is 13.2. The Kier molecular flexibility index (Phi) is 4.09. The Bertz CT molecular complexity index is 450. The van der Waals surface area contributed by atoms with Crippen molar-refractivity contribution in [3.63, 3.8) is 0 Å². The highest BCUT2D eigenvalue weighted by Gasteiger charge is 2.30. The Morgan fingerprint density at radius 2 is 2.39 bits per heavy atom. The van der Waals surface area contributed by atoms with Crippen molar-refractivity contribution in [2.24, 2.45) is 5.73 Å². The summed E-state index contributed by atoms with van der Waals surface area (Å²) in [4.78, 5) is 13.5. The Labute approximate surface area is 112 Å². The Balaban J connectivity index is 2.36. The van der Waals surface area contributed by atoms with E-state index in [1.54, 1.807) is 0 Å². The smallest absolute Gasteiger partial charge is 0.240 e. The molecule has 3 N–H and O–H groups in total. The van der Waals surface area contributed by atoms with Crippen LogP contribution in [0.4, 0.5) is 5.69 Å². The molecule has 18 heavy (non-hydrogen) atoms. The monoisotopic (exact) mass is 267 g/mol. The Morgan fingerprint density at radius 3 is 3.06 bits per heavy atom. The first-order valence-corrected chi connectivity index (χ1v) is 6.50. The molecule has 98 valence electrons. The lowest BCUT2D eigenvalue weighted by Crippen LogP contribution is -2.40. The van der Waals surface area contributed by atoms with E-state index in [9.17, 15) is 4.79 Å². The maximum Gasteiger partial charge on any atom is 0.240 e. The highest BCUT2D eigenvalue weighted by atomic mass is 35.5. The minimum atomic E-state index is -0.261. The van der Waals surface area contributed by atoms with E-state index in [0.29, 0.717) is 5.02 Å². The van der Waals surface area contributed by atoms with E-state index in [2.05, 4.69) is 10.2 Å². The van der Waals surface area contributed by atoms with Crippen LogP contribution >= 0.6 is 11.6 Å². The number of carbonyl (C=O) groups excluding carboxylic acids is 1. The van der Waals surface area contributed by atoms with Gasteiger partial charge >= 0.3 is 0 Å². The molecule has 0 bridgehead atoms. The number of hydrogen-bond acceptors (Lipinski definition) is 3. The number of carbonyl (C=O) groups is 1. The minimum absolute atomic E-state index is 0.209. The van der Waals surface area contributed by atoms with Crippen molar-refractivity contribution in [1.82, 2.24) is 5.32 Å². The predicted molar refractivity (Wildman–Crippen MR) is 73.8 cm³/mol. The summed E-state index contributed by atoms with van der Waals surface area (Å²) in [5.74, 6) is -0.261. The topological polar surface area (TPSA) is 58.4 Å². The number of nitrogens with one attached hydrogen (secondary N) is 1. The van der Waals surface area contributed by atoms with Crippen molar-refractivity contribution < 1.29 is 4.79 Å². The predicted octanol–water partition coefficient (Wildman–Crippen LogP) is 1.51. The second-order valence-corrected chi connectivity index (χ2v) is 4.99. The summed E-state index contributed by atoms with van der Waals surface area (Å²) in [6.45, 7) is 1.60. The van der Waals surface area contributed by atoms with Crippen LogP contribution in [-0.2, 0) is 11.3 Å². The van der Waals surface area contributed by atoms with Crippen LogP contribution in [0.2, 0.25) is 5.02 Å². The van der Waals surface area contributed by atoms with Crippen molar-refractivity contribution in [2.75, 3.05) is 18.5 Å². The number of nitrogens with zero attached hydrogens (tertiary/aromatic N) is 1. The van der Waals surface area contributed by atoms with Crippen molar-refractivity contribution in [3.05, 3.63) is 28.8 Å². The van der Waals surface area contributed by atoms with Gasteiger partial charge in [0.25, 0.3) is 0 Å². The average molecular weight is 268 g/mol. The normalized spacial score (nSPS) is 19.2. The average Bonchev–Trinajstić information content (AvgIpc) is 2.80. The highest BCUT2D eigenvalue weighted by Crippen LogP contribution is 2.31. The van der Waals surface area contributed by atoms with E-state index in [4.69, 9.17) is 17.3 Å². The van der Waals surface area contributed by atoms with Crippen molar-refractivity contribution in [3.8, 4) is 0 Å². The molecule has 1 aromatic carbocycles. The molecular weight excluding hydrogens is 250 g/mol. The quantitative estimate of drug-likeness (QED) is 0.870. The van der Waals surface area contributed by atoms with Crippen molar-refractivity contribution >= 4 is 23.2 Å². The standard InChI is InChI=1S/C13H18ClN3O/c1-16-8-9-4-5-10(14)7-12(9)17-6-2-3-11(17)13(15)18/h4-5,7,11,16H,2-3,6,8H2,1H3,(H2,15,18). The number of primary amides is 1. The summed E-state index contributed by atoms with van der Waals surface area (Å²) < 4.78 is 0. The zero-order valence-corrected chi connectivity index (χ0v) is 11.2. The fourth-order valence-electron chi connectivity index (χ4n) is 2.50. The number of amides is 1. The second kappa shape index (κ2) is 5.59. The molecule has 0 saturated carbocycles. The molecule has 0 radical (unpaired) electrons. The van der Waals surface area contributed by atoms with Crippen molar-refractivity contribution in [2.45, 2.75) is 25.4 Å². The van der Waals surface area contributed by atoms with E-state index in [1.807, 2.05) is 25.2 Å². The Morgan fingerprint density at radius 1 is 1.61 bits per heavy atom. The second-order valence-electron chi connectivity index (χ2n) is 4.56. The molecule has 2 rings (SSSR count). The van der Waals surface area contributed by atoms with Gasteiger partial charge < -0.3 is 16.0 Å². The third-order valence-electron chi connectivity index (χ3n) is 3.31. The van der Waals surface area contributed by atoms with Crippen LogP contribution in [0.25, 0.3) is 0 Å². The van der Waals surface area contributed by atoms with Gasteiger partial charge in [-0.25, -0.2) is 0 Å². The number of nitrogens with two attached hydrogens (primary N) is 1. The lowest BCUT2D eigenvalue weighted by molar-refractivity contribution is -0.119. The summed E-state index contributed by atoms with van der Waals surface area (Å²) in [5, 5.41) is 3.81. The van der Waals surface area contributed by atoms with Crippen LogP contribution in [-0.4, -0.2) is 25.5 Å². The number of anilines is 1. The zero-order valence-electron chi connectivity index (χ0n) is 10.4. The summed E-state index contributed by atoms with van der Waals surface area (Å²) in [5.41, 5.74) is 7.60. The van der Waals surface area contributed by atoms with E-state index in [-0.39, 0.29) is 11.9 Å². The largest absolute Gasteiger partial charge is 0.368 e. The molecule has 5 heteroatoms. The summed E-state index contributed by atoms with van der Waals surface area (Å²) >= 11 is 6.06. The van der Waals surface area contributed by atoms with E-state index in [0.717, 1.165) is 37.2 Å². The van der Waals surface area contributed by atoms with Gasteiger partial charge in [0, 0.05) is 23.8 Å². The fourth-order valence-corrected chi connectivity index (χ4v) is 2.66. The van der Waals surface area contributed by atoms with E-state index in [1.165, 1.54) is 0 Å². The van der Waals surface area contributed by atoms with Crippen LogP contribution in [0.5, 0.6) is 0 Å². The van der Waals surface area contributed by atoms with Crippen molar-refractivity contribution in [1.29, 1.82) is 0 Å². The van der Waals surface area contributed by atoms with Crippen LogP contribution in [0.3, 0.4) is 0 Å². The molecular formula is C13H18ClN3O. The minimum Gasteiger partial charge on any atom is -0.368 e. The van der Waals surface area contributed by atoms with E-state index < -0.39 is 0 Å². The molecule has 4 nitrogen and oxygen atoms in total. The number of hydrogen-bond donors (Lipinski definition) is 2. The number of halogens is 1. The first-order chi connectivity index (χ1) is 8.63. The maximum atomic E-state index is 11.5. The molecule has 1 amide bonds. The van der Waals surface area contributed by atoms with Crippen LogP contribution in [0.15, 0.2) is 18.2 Å². The van der Waals surface area contributed by atoms with Gasteiger partial charge in [-0.1, -0.05) is 17.7 Å². The number of benzene rings is 1. The first-order valence-electron chi connectivity index (χ1n) is 6.12. The van der Waals surface area contributed by atoms with Gasteiger partial charge in [-0.05, 0) is 37.6 Å². The van der Waals surface area contributed by atoms with Crippen LogP contribution in [0.1, 0.15) is 18.4 Å². The lowest BCUT2D eigenvalue weighted by Gasteiger charge is -2.27. The van der Waals surface area contributed by atoms with Crippen LogP contribution in [0, 0.1) is 0 Å². The maximum absolute atomic E-state index is 11.5. The SMILES string of the molecule is CNCc1ccc(Cl)cc1N1CCCC1C(N)=O. The molecule has 1 atom stereocenters. The van der Waals surface area contributed by atoms with Gasteiger partial charge in [0.1, 0.15) is 6.04 Å². The van der Waals surface area contributed by atoms with Gasteiger partial charge in [0.05, 0.1) is 0 Å². The Hall–Kier alpha value is -1.26. The third kappa shape index (κ3) is 2.60. The third-order valence-corrected chi connectivity index (χ3v) is 3.54. The van der Waals surface area contributed by atoms with E-state index >= 15 is 0 Å². The summed E-state index contributed by atoms with van der Waals surface area (Å²) in [6, 6.07) is 5.56. The van der Waals surface area contributed by atoms with Gasteiger partial charge in [-0.3, -0.25) is 4.79 Å². The molecule has 0 spiro atoms. The summed E-state index contributed by atoms with van der Waals surface area (Å²) in [7, 11) is 1.90. The van der Waals surface area contributed by atoms with Gasteiger partial charge in [0.15, 0.2) is 0 Å². The van der Waals surface area contributed by atoms with Crippen LogP contribution < -0.4 is 16.0 Å². The molecule has 1 heterocycles.